The second-order valence-corrected chi connectivity index (χ2v) is 5.88. The van der Waals surface area contributed by atoms with Crippen molar-refractivity contribution in [3.63, 3.8) is 0 Å². The van der Waals surface area contributed by atoms with Crippen LogP contribution in [-0.4, -0.2) is 11.6 Å². The maximum atomic E-state index is 12.0. The lowest BCUT2D eigenvalue weighted by Gasteiger charge is -2.10. The molecule has 4 heteroatoms. The largest absolute Gasteiger partial charge is 0.457 e. The van der Waals surface area contributed by atoms with Crippen molar-refractivity contribution < 1.29 is 9.53 Å². The minimum Gasteiger partial charge on any atom is -0.457 e. The molecule has 0 radical (unpaired) electrons. The van der Waals surface area contributed by atoms with Crippen molar-refractivity contribution in [1.82, 2.24) is 0 Å². The molecule has 1 aliphatic heterocycles. The predicted octanol–water partition coefficient (Wildman–Crippen LogP) is 4.25. The third-order valence-corrected chi connectivity index (χ3v) is 4.52. The second kappa shape index (κ2) is 4.89. The zero-order valence-electron chi connectivity index (χ0n) is 13.0. The lowest BCUT2D eigenvalue weighted by Crippen LogP contribution is -1.94. The number of carbonyl (C=O) groups is 1. The van der Waals surface area contributed by atoms with Crippen molar-refractivity contribution in [3.05, 3.63) is 77.4 Å². The first-order valence-corrected chi connectivity index (χ1v) is 7.85. The maximum Gasteiger partial charge on any atom is 0.288 e. The van der Waals surface area contributed by atoms with Gasteiger partial charge < -0.3 is 4.74 Å². The highest BCUT2D eigenvalue weighted by Gasteiger charge is 2.36. The summed E-state index contributed by atoms with van der Waals surface area (Å²) >= 11 is 0. The first-order chi connectivity index (χ1) is 12.3. The number of allylic oxidation sites excluding steroid dienone is 1. The van der Waals surface area contributed by atoms with Gasteiger partial charge in [-0.3, -0.25) is 4.79 Å². The third kappa shape index (κ3) is 1.81. The third-order valence-electron chi connectivity index (χ3n) is 4.52. The van der Waals surface area contributed by atoms with E-state index < -0.39 is 5.91 Å². The van der Waals surface area contributed by atoms with Crippen LogP contribution in [0.1, 0.15) is 11.1 Å². The van der Waals surface area contributed by atoms with Crippen molar-refractivity contribution in [1.29, 1.82) is 5.26 Å². The van der Waals surface area contributed by atoms with E-state index in [4.69, 9.17) is 4.74 Å². The lowest BCUT2D eigenvalue weighted by atomic mass is 10.0. The number of ether oxygens (including phenoxy) is 1. The van der Waals surface area contributed by atoms with E-state index in [0.717, 1.165) is 33.4 Å². The van der Waals surface area contributed by atoms with Gasteiger partial charge in [0.05, 0.1) is 5.71 Å². The van der Waals surface area contributed by atoms with Gasteiger partial charge in [0.15, 0.2) is 0 Å². The smallest absolute Gasteiger partial charge is 0.288 e. The number of amides is 1. The van der Waals surface area contributed by atoms with Crippen LogP contribution in [-0.2, 0) is 4.79 Å². The minimum absolute atomic E-state index is 0.115. The highest BCUT2D eigenvalue weighted by molar-refractivity contribution is 6.50. The average molecular weight is 322 g/mol. The molecule has 1 heterocycles. The van der Waals surface area contributed by atoms with Crippen LogP contribution < -0.4 is 4.74 Å². The van der Waals surface area contributed by atoms with Gasteiger partial charge in [-0.1, -0.05) is 36.4 Å². The lowest BCUT2D eigenvalue weighted by molar-refractivity contribution is -0.113. The molecule has 0 spiro atoms. The van der Waals surface area contributed by atoms with Gasteiger partial charge in [-0.25, -0.2) is 4.99 Å². The van der Waals surface area contributed by atoms with Crippen molar-refractivity contribution in [2.45, 2.75) is 0 Å². The van der Waals surface area contributed by atoms with Gasteiger partial charge >= 0.3 is 0 Å². The van der Waals surface area contributed by atoms with Gasteiger partial charge in [-0.15, -0.1) is 0 Å². The second-order valence-electron chi connectivity index (χ2n) is 5.88. The molecule has 0 atom stereocenters. The molecule has 0 saturated carbocycles. The average Bonchev–Trinajstić information content (AvgIpc) is 3.13. The molecule has 0 saturated heterocycles. The summed E-state index contributed by atoms with van der Waals surface area (Å²) in [6, 6.07) is 21.2. The Bertz CT molecular complexity index is 1180. The fourth-order valence-electron chi connectivity index (χ4n) is 3.49. The molecule has 4 nitrogen and oxygen atoms in total. The molecule has 2 aliphatic rings. The Morgan fingerprint density at radius 1 is 0.920 bits per heavy atom. The molecule has 116 valence electrons. The predicted molar refractivity (Wildman–Crippen MR) is 94.5 cm³/mol. The summed E-state index contributed by atoms with van der Waals surface area (Å²) in [7, 11) is 0. The Balaban J connectivity index is 1.77. The topological polar surface area (TPSA) is 62.5 Å². The van der Waals surface area contributed by atoms with Crippen molar-refractivity contribution in [3.8, 4) is 17.6 Å². The Kier molecular flexibility index (Phi) is 2.68. The number of hydrogen-bond donors (Lipinski definition) is 0. The van der Waals surface area contributed by atoms with Gasteiger partial charge in [0.2, 0.25) is 0 Å². The summed E-state index contributed by atoms with van der Waals surface area (Å²) in [5.74, 6) is 1.03. The first kappa shape index (κ1) is 13.7. The van der Waals surface area contributed by atoms with Crippen LogP contribution in [0.4, 0.5) is 0 Å². The summed E-state index contributed by atoms with van der Waals surface area (Å²) in [6.07, 6.45) is 0. The van der Waals surface area contributed by atoms with Crippen LogP contribution in [0.5, 0.6) is 11.5 Å². The van der Waals surface area contributed by atoms with E-state index in [0.29, 0.717) is 11.3 Å². The first-order valence-electron chi connectivity index (χ1n) is 7.85. The molecular formula is C21H10N2O2. The summed E-state index contributed by atoms with van der Waals surface area (Å²) < 4.78 is 6.04. The Labute approximate surface area is 143 Å². The van der Waals surface area contributed by atoms with Crippen LogP contribution in [0, 0.1) is 11.3 Å². The molecule has 3 aromatic rings. The molecule has 0 unspecified atom stereocenters. The van der Waals surface area contributed by atoms with Crippen LogP contribution >= 0.6 is 0 Å². The Morgan fingerprint density at radius 3 is 2.56 bits per heavy atom. The molecular weight excluding hydrogens is 312 g/mol. The van der Waals surface area contributed by atoms with E-state index in [1.807, 2.05) is 66.7 Å². The van der Waals surface area contributed by atoms with Gasteiger partial charge in [0.1, 0.15) is 23.1 Å². The van der Waals surface area contributed by atoms with Crippen molar-refractivity contribution in [2.24, 2.45) is 4.99 Å². The van der Waals surface area contributed by atoms with Crippen molar-refractivity contribution in [2.75, 3.05) is 0 Å². The molecule has 25 heavy (non-hydrogen) atoms. The van der Waals surface area contributed by atoms with Gasteiger partial charge in [0.25, 0.3) is 5.91 Å². The molecule has 1 aliphatic carbocycles. The molecule has 3 aromatic carbocycles. The van der Waals surface area contributed by atoms with Gasteiger partial charge in [-0.05, 0) is 29.8 Å². The fourth-order valence-corrected chi connectivity index (χ4v) is 3.49. The SMILES string of the molecule is N#CC1=C2C(=NC1=O)c1ccc(Oc3ccccc3)c3cccc2c13. The fraction of sp³-hybridized carbons (Fsp3) is 0. The molecule has 0 N–H and O–H groups in total. The number of aliphatic imine (C=N–C) groups is 1. The standard InChI is InChI=1S/C21H10N2O2/c22-11-16-19-14-8-4-7-13-17(25-12-5-2-1-3-6-12)10-9-15(18(13)14)20(19)23-21(16)24/h1-10H. The molecule has 0 aromatic heterocycles. The zero-order valence-corrected chi connectivity index (χ0v) is 13.0. The summed E-state index contributed by atoms with van der Waals surface area (Å²) in [5, 5.41) is 11.3. The van der Waals surface area contributed by atoms with Crippen LogP contribution in [0.3, 0.4) is 0 Å². The molecule has 0 fully saturated rings. The van der Waals surface area contributed by atoms with Crippen LogP contribution in [0.15, 0.2) is 71.2 Å². The Morgan fingerprint density at radius 2 is 1.76 bits per heavy atom. The van der Waals surface area contributed by atoms with E-state index >= 15 is 0 Å². The zero-order chi connectivity index (χ0) is 17.0. The highest BCUT2D eigenvalue weighted by atomic mass is 16.5. The van der Waals surface area contributed by atoms with Gasteiger partial charge in [-0.2, -0.15) is 5.26 Å². The van der Waals surface area contributed by atoms with Crippen LogP contribution in [0.25, 0.3) is 16.3 Å². The summed E-state index contributed by atoms with van der Waals surface area (Å²) in [4.78, 5) is 16.1. The minimum atomic E-state index is -0.459. The number of hydrogen-bond acceptors (Lipinski definition) is 3. The number of benzene rings is 3. The number of para-hydroxylation sites is 1. The normalized spacial score (nSPS) is 14.5. The summed E-state index contributed by atoms with van der Waals surface area (Å²) in [5.41, 5.74) is 3.10. The van der Waals surface area contributed by atoms with E-state index in [1.54, 1.807) is 0 Å². The maximum absolute atomic E-state index is 12.0. The quantitative estimate of drug-likeness (QED) is 0.708. The monoisotopic (exact) mass is 322 g/mol. The van der Waals surface area contributed by atoms with E-state index in [9.17, 15) is 10.1 Å². The summed E-state index contributed by atoms with van der Waals surface area (Å²) in [6.45, 7) is 0. The van der Waals surface area contributed by atoms with Gasteiger partial charge in [0, 0.05) is 21.9 Å². The molecule has 1 amide bonds. The van der Waals surface area contributed by atoms with E-state index in [-0.39, 0.29) is 5.57 Å². The number of fused-ring (bicyclic) bond motifs is 3. The van der Waals surface area contributed by atoms with E-state index in [2.05, 4.69) is 4.99 Å². The number of nitriles is 1. The van der Waals surface area contributed by atoms with Crippen molar-refractivity contribution >= 4 is 28.0 Å². The Hall–Kier alpha value is -3.71. The number of rotatable bonds is 2. The molecule has 5 rings (SSSR count). The molecule has 0 bridgehead atoms. The van der Waals surface area contributed by atoms with E-state index in [1.165, 1.54) is 0 Å². The highest BCUT2D eigenvalue weighted by Crippen LogP contribution is 2.45. The number of nitrogens with zero attached hydrogens (tertiary/aromatic N) is 2. The van der Waals surface area contributed by atoms with Crippen LogP contribution in [0.2, 0.25) is 0 Å². The number of carbonyl (C=O) groups excluding carboxylic acids is 1.